The molecule has 0 saturated heterocycles. The molecule has 3 fully saturated rings. The minimum Gasteiger partial charge on any atom is -0.459 e. The van der Waals surface area contributed by atoms with E-state index in [2.05, 4.69) is 27.0 Å². The molecule has 0 heterocycles. The first kappa shape index (κ1) is 54.6. The van der Waals surface area contributed by atoms with Gasteiger partial charge in [0.25, 0.3) is 0 Å². The molecule has 0 N–H and O–H groups in total. The molecule has 2 aromatic carbocycles. The van der Waals surface area contributed by atoms with Crippen LogP contribution in [0.1, 0.15) is 151 Å². The van der Waals surface area contributed by atoms with Crippen molar-refractivity contribution < 1.29 is 76.3 Å². The molecule has 0 bridgehead atoms. The molecular weight excluding hydrogens is 905 g/mol. The van der Waals surface area contributed by atoms with Gasteiger partial charge >= 0.3 is 47.8 Å². The molecule has 3 saturated carbocycles. The Labute approximate surface area is 410 Å². The fourth-order valence-corrected chi connectivity index (χ4v) is 9.12. The van der Waals surface area contributed by atoms with Gasteiger partial charge in [0.1, 0.15) is 60.6 Å². The molecule has 5 rings (SSSR count). The lowest BCUT2D eigenvalue weighted by atomic mass is 9.80. The number of benzene rings is 2. The molecule has 0 amide bonds. The first-order valence-corrected chi connectivity index (χ1v) is 24.7. The Hall–Kier alpha value is -6.32. The molecule has 16 nitrogen and oxygen atoms in total. The van der Waals surface area contributed by atoms with E-state index < -0.39 is 59.6 Å². The normalized spacial score (nSPS) is 20.9. The number of esters is 8. The Kier molecular flexibility index (Phi) is 21.2. The first-order chi connectivity index (χ1) is 33.6. The number of carbonyl (C=O) groups excluding carboxylic acids is 8. The predicted octanol–water partition coefficient (Wildman–Crippen LogP) is 9.58. The fourth-order valence-electron chi connectivity index (χ4n) is 9.12. The second-order valence-electron chi connectivity index (χ2n) is 18.7. The highest BCUT2D eigenvalue weighted by Crippen LogP contribution is 2.37. The van der Waals surface area contributed by atoms with Crippen LogP contribution in [0.2, 0.25) is 0 Å². The Morgan fingerprint density at radius 1 is 0.443 bits per heavy atom. The van der Waals surface area contributed by atoms with Gasteiger partial charge in [0.15, 0.2) is 0 Å². The Bertz CT molecular complexity index is 2060. The van der Waals surface area contributed by atoms with Crippen LogP contribution in [0, 0.1) is 35.5 Å². The number of carbonyl (C=O) groups is 8. The van der Waals surface area contributed by atoms with Crippen molar-refractivity contribution in [1.82, 2.24) is 0 Å². The van der Waals surface area contributed by atoms with Gasteiger partial charge in [0.05, 0.1) is 23.7 Å². The number of ether oxygens (including phenoxy) is 8. The smallest absolute Gasteiger partial charge is 0.342 e. The lowest BCUT2D eigenvalue weighted by Crippen LogP contribution is -2.30. The zero-order valence-corrected chi connectivity index (χ0v) is 41.0. The van der Waals surface area contributed by atoms with E-state index in [1.165, 1.54) is 50.2 Å². The quantitative estimate of drug-likeness (QED) is 0.0353. The molecule has 3 aliphatic carbocycles. The van der Waals surface area contributed by atoms with E-state index in [0.717, 1.165) is 51.4 Å². The van der Waals surface area contributed by atoms with Crippen LogP contribution in [-0.2, 0) is 47.7 Å². The fraction of sp³-hybridized carbons (Fsp3) is 0.556. The summed E-state index contributed by atoms with van der Waals surface area (Å²) in [7, 11) is 0. The highest BCUT2D eigenvalue weighted by Gasteiger charge is 2.34. The van der Waals surface area contributed by atoms with Gasteiger partial charge in [0.2, 0.25) is 0 Å². The lowest BCUT2D eigenvalue weighted by Gasteiger charge is -2.27. The van der Waals surface area contributed by atoms with Crippen LogP contribution < -0.4 is 18.9 Å². The third-order valence-corrected chi connectivity index (χ3v) is 13.1. The molecule has 3 aliphatic rings. The number of hydrogen-bond donors (Lipinski definition) is 0. The second-order valence-corrected chi connectivity index (χ2v) is 18.7. The summed E-state index contributed by atoms with van der Waals surface area (Å²) < 4.78 is 43.7. The van der Waals surface area contributed by atoms with E-state index in [1.54, 1.807) is 0 Å². The van der Waals surface area contributed by atoms with Crippen LogP contribution in [0.15, 0.2) is 60.7 Å². The second kappa shape index (κ2) is 27.2. The predicted molar refractivity (Wildman–Crippen MR) is 254 cm³/mol. The third-order valence-electron chi connectivity index (χ3n) is 13.1. The van der Waals surface area contributed by atoms with Gasteiger partial charge in [-0.25, -0.2) is 19.2 Å². The summed E-state index contributed by atoms with van der Waals surface area (Å²) in [6.07, 6.45) is 11.8. The van der Waals surface area contributed by atoms with E-state index in [4.69, 9.17) is 37.9 Å². The number of hydrogen-bond acceptors (Lipinski definition) is 16. The van der Waals surface area contributed by atoms with Crippen molar-refractivity contribution >= 4 is 47.8 Å². The Balaban J connectivity index is 1.20. The first-order valence-electron chi connectivity index (χ1n) is 24.7. The molecule has 0 spiro atoms. The zero-order chi connectivity index (χ0) is 50.7. The summed E-state index contributed by atoms with van der Waals surface area (Å²) in [5, 5.41) is 0. The van der Waals surface area contributed by atoms with Gasteiger partial charge < -0.3 is 37.9 Å². The van der Waals surface area contributed by atoms with Crippen LogP contribution in [0.25, 0.3) is 0 Å². The standard InChI is InChI=1S/C54H68O16/c1-7-9-35-11-15-37(16-12-35)51(59)69-45-25-23-41(31-43(45)53(61)65-29-27-63-47(55)33(3)4)67-49(57)39-19-21-40(22-20-39)50(58)68-42-24-26-46(70-52(60)38-17-13-36(10-8-2)14-18-38)44(32-42)54(62)66-30-28-64-48(56)34(5)6/h23-26,31-32,35-40H,3,5,7-22,27-30H2,1-2,4,6H3. The topological polar surface area (TPSA) is 210 Å². The van der Waals surface area contributed by atoms with E-state index >= 15 is 0 Å². The summed E-state index contributed by atoms with van der Waals surface area (Å²) in [5.74, 6) is -6.05. The Morgan fingerprint density at radius 3 is 1.06 bits per heavy atom. The van der Waals surface area contributed by atoms with Crippen molar-refractivity contribution in [2.24, 2.45) is 35.5 Å². The molecular formula is C54H68O16. The van der Waals surface area contributed by atoms with Crippen molar-refractivity contribution in [3.63, 3.8) is 0 Å². The number of rotatable bonds is 22. The van der Waals surface area contributed by atoms with Crippen LogP contribution >= 0.6 is 0 Å². The summed E-state index contributed by atoms with van der Waals surface area (Å²) >= 11 is 0. The largest absolute Gasteiger partial charge is 0.459 e. The molecule has 0 atom stereocenters. The molecule has 0 radical (unpaired) electrons. The molecule has 16 heteroatoms. The maximum atomic E-state index is 13.5. The van der Waals surface area contributed by atoms with E-state index in [0.29, 0.717) is 37.5 Å². The van der Waals surface area contributed by atoms with E-state index in [1.807, 2.05) is 0 Å². The van der Waals surface area contributed by atoms with Gasteiger partial charge in [-0.2, -0.15) is 0 Å². The van der Waals surface area contributed by atoms with Crippen molar-refractivity contribution in [3.05, 3.63) is 71.8 Å². The third kappa shape index (κ3) is 16.4. The van der Waals surface area contributed by atoms with E-state index in [9.17, 15) is 38.4 Å². The highest BCUT2D eigenvalue weighted by molar-refractivity contribution is 5.95. The maximum Gasteiger partial charge on any atom is 0.342 e. The molecule has 0 aliphatic heterocycles. The van der Waals surface area contributed by atoms with Crippen molar-refractivity contribution in [3.8, 4) is 23.0 Å². The Morgan fingerprint density at radius 2 is 0.743 bits per heavy atom. The summed E-state index contributed by atoms with van der Waals surface area (Å²) in [4.78, 5) is 104. The molecule has 70 heavy (non-hydrogen) atoms. The molecule has 0 aromatic heterocycles. The van der Waals surface area contributed by atoms with Crippen LogP contribution in [0.5, 0.6) is 23.0 Å². The average molecular weight is 973 g/mol. The van der Waals surface area contributed by atoms with Gasteiger partial charge in [-0.05, 0) is 139 Å². The van der Waals surface area contributed by atoms with E-state index in [-0.39, 0.29) is 109 Å². The van der Waals surface area contributed by atoms with Gasteiger partial charge in [-0.15, -0.1) is 0 Å². The van der Waals surface area contributed by atoms with Crippen molar-refractivity contribution in [1.29, 1.82) is 0 Å². The van der Waals surface area contributed by atoms with Crippen molar-refractivity contribution in [2.75, 3.05) is 26.4 Å². The molecule has 2 aromatic rings. The van der Waals surface area contributed by atoms with Gasteiger partial charge in [-0.1, -0.05) is 52.7 Å². The summed E-state index contributed by atoms with van der Waals surface area (Å²) in [6.45, 7) is 13.2. The van der Waals surface area contributed by atoms with Gasteiger partial charge in [0, 0.05) is 11.1 Å². The lowest BCUT2D eigenvalue weighted by molar-refractivity contribution is -0.145. The van der Waals surface area contributed by atoms with Crippen molar-refractivity contribution in [2.45, 2.75) is 130 Å². The summed E-state index contributed by atoms with van der Waals surface area (Å²) in [5.41, 5.74) is 0.0390. The maximum absolute atomic E-state index is 13.5. The molecule has 0 unspecified atom stereocenters. The van der Waals surface area contributed by atoms with Gasteiger partial charge in [-0.3, -0.25) is 19.2 Å². The molecule has 380 valence electrons. The van der Waals surface area contributed by atoms with Crippen LogP contribution in [-0.4, -0.2) is 74.2 Å². The monoisotopic (exact) mass is 972 g/mol. The minimum absolute atomic E-state index is 0.00255. The zero-order valence-electron chi connectivity index (χ0n) is 41.0. The highest BCUT2D eigenvalue weighted by atomic mass is 16.6. The summed E-state index contributed by atoms with van der Waals surface area (Å²) in [6, 6.07) is 8.10. The SMILES string of the molecule is C=C(C)C(=O)OCCOC(=O)c1cc(OC(=O)C2CCC(C(=O)Oc3ccc(OC(=O)C4CCC(CCC)CC4)c(C(=O)OCCOC(=O)C(=C)C)c3)CC2)ccc1OC(=O)C1CCC(CCC)CC1. The minimum atomic E-state index is -0.890. The van der Waals surface area contributed by atoms with Crippen LogP contribution in [0.3, 0.4) is 0 Å². The van der Waals surface area contributed by atoms with Crippen LogP contribution in [0.4, 0.5) is 0 Å². The average Bonchev–Trinajstić information content (AvgIpc) is 3.35.